The number of rotatable bonds is 6. The lowest BCUT2D eigenvalue weighted by molar-refractivity contribution is 0.183. The van der Waals surface area contributed by atoms with Gasteiger partial charge in [-0.3, -0.25) is 4.99 Å². The molecule has 0 spiro atoms. The van der Waals surface area contributed by atoms with Gasteiger partial charge in [-0.15, -0.1) is 24.0 Å². The van der Waals surface area contributed by atoms with E-state index in [4.69, 9.17) is 0 Å². The number of likely N-dealkylation sites (tertiary alicyclic amines) is 1. The van der Waals surface area contributed by atoms with Crippen LogP contribution in [0.3, 0.4) is 0 Å². The molecule has 0 bridgehead atoms. The highest BCUT2D eigenvalue weighted by atomic mass is 127. The predicted molar refractivity (Wildman–Crippen MR) is 99.1 cm³/mol. The average Bonchev–Trinajstić information content (AvgIpc) is 2.42. The molecule has 5 heteroatoms. The van der Waals surface area contributed by atoms with E-state index in [0.717, 1.165) is 31.5 Å². The Bertz CT molecular complexity index is 269. The summed E-state index contributed by atoms with van der Waals surface area (Å²) in [4.78, 5) is 7.17. The fraction of sp³-hybridized carbons (Fsp3) is 0.933. The Kier molecular flexibility index (Phi) is 11.6. The summed E-state index contributed by atoms with van der Waals surface area (Å²) < 4.78 is 0. The van der Waals surface area contributed by atoms with Gasteiger partial charge in [0.2, 0.25) is 0 Å². The van der Waals surface area contributed by atoms with E-state index in [1.54, 1.807) is 0 Å². The highest BCUT2D eigenvalue weighted by molar-refractivity contribution is 14.0. The van der Waals surface area contributed by atoms with E-state index in [9.17, 15) is 0 Å². The maximum absolute atomic E-state index is 4.62. The van der Waals surface area contributed by atoms with Crippen LogP contribution in [-0.4, -0.2) is 50.1 Å². The first-order valence-corrected chi connectivity index (χ1v) is 7.90. The van der Waals surface area contributed by atoms with Crippen LogP contribution in [0, 0.1) is 11.8 Å². The number of halogens is 1. The zero-order chi connectivity index (χ0) is 14.1. The van der Waals surface area contributed by atoms with Gasteiger partial charge < -0.3 is 15.5 Å². The number of hydrogen-bond acceptors (Lipinski definition) is 2. The van der Waals surface area contributed by atoms with Crippen molar-refractivity contribution in [1.29, 1.82) is 0 Å². The highest BCUT2D eigenvalue weighted by Gasteiger charge is 2.18. The second-order valence-electron chi connectivity index (χ2n) is 5.90. The summed E-state index contributed by atoms with van der Waals surface area (Å²) in [5.74, 6) is 2.35. The second kappa shape index (κ2) is 11.6. The van der Waals surface area contributed by atoms with Crippen LogP contribution in [0.25, 0.3) is 0 Å². The molecule has 0 aromatic rings. The molecule has 0 saturated carbocycles. The third-order valence-electron chi connectivity index (χ3n) is 3.57. The van der Waals surface area contributed by atoms with Crippen LogP contribution in [-0.2, 0) is 0 Å². The lowest BCUT2D eigenvalue weighted by atomic mass is 9.98. The maximum Gasteiger partial charge on any atom is 0.191 e. The van der Waals surface area contributed by atoms with Gasteiger partial charge in [0.25, 0.3) is 0 Å². The number of nitrogens with zero attached hydrogens (tertiary/aromatic N) is 2. The minimum absolute atomic E-state index is 0. The molecule has 2 N–H and O–H groups in total. The Hall–Kier alpha value is -0.0400. The first-order chi connectivity index (χ1) is 9.15. The molecule has 1 rings (SSSR count). The quantitative estimate of drug-likeness (QED) is 0.412. The average molecular weight is 396 g/mol. The smallest absolute Gasteiger partial charge is 0.191 e. The number of piperidine rings is 1. The standard InChI is InChI=1S/C15H32N4.HI/c1-5-16-15(17-10-13(3)4)18-11-14-8-7-9-19(6-2)12-14;/h13-14H,5-12H2,1-4H3,(H2,16,17,18);1H. The Balaban J connectivity index is 0.00000361. The maximum atomic E-state index is 4.62. The van der Waals surface area contributed by atoms with Crippen LogP contribution >= 0.6 is 24.0 Å². The molecule has 1 aliphatic rings. The molecule has 1 aliphatic heterocycles. The van der Waals surface area contributed by atoms with Crippen molar-refractivity contribution in [2.45, 2.75) is 40.5 Å². The van der Waals surface area contributed by atoms with Crippen molar-refractivity contribution in [2.24, 2.45) is 16.8 Å². The van der Waals surface area contributed by atoms with Gasteiger partial charge >= 0.3 is 0 Å². The van der Waals surface area contributed by atoms with Crippen molar-refractivity contribution in [3.05, 3.63) is 0 Å². The number of guanidine groups is 1. The Morgan fingerprint density at radius 1 is 1.30 bits per heavy atom. The van der Waals surface area contributed by atoms with Gasteiger partial charge in [-0.2, -0.15) is 0 Å². The SMILES string of the molecule is CCNC(=NCC(C)C)NCC1CCCN(CC)C1.I. The van der Waals surface area contributed by atoms with Gasteiger partial charge in [0.05, 0.1) is 0 Å². The van der Waals surface area contributed by atoms with Gasteiger partial charge in [-0.05, 0) is 44.7 Å². The normalized spacial score (nSPS) is 20.6. The molecule has 1 atom stereocenters. The van der Waals surface area contributed by atoms with Crippen LogP contribution in [0.15, 0.2) is 4.99 Å². The summed E-state index contributed by atoms with van der Waals surface area (Å²) in [6, 6.07) is 0. The van der Waals surface area contributed by atoms with E-state index in [1.165, 1.54) is 32.5 Å². The van der Waals surface area contributed by atoms with Crippen LogP contribution in [0.1, 0.15) is 40.5 Å². The molecular weight excluding hydrogens is 363 g/mol. The molecule has 0 aromatic carbocycles. The third-order valence-corrected chi connectivity index (χ3v) is 3.57. The fourth-order valence-electron chi connectivity index (χ4n) is 2.46. The van der Waals surface area contributed by atoms with Crippen molar-refractivity contribution in [1.82, 2.24) is 15.5 Å². The largest absolute Gasteiger partial charge is 0.357 e. The van der Waals surface area contributed by atoms with Crippen molar-refractivity contribution in [2.75, 3.05) is 39.3 Å². The summed E-state index contributed by atoms with van der Waals surface area (Å²) in [5, 5.41) is 6.83. The van der Waals surface area contributed by atoms with Crippen LogP contribution in [0.4, 0.5) is 0 Å². The Morgan fingerprint density at radius 3 is 2.65 bits per heavy atom. The molecule has 120 valence electrons. The minimum Gasteiger partial charge on any atom is -0.357 e. The van der Waals surface area contributed by atoms with Crippen molar-refractivity contribution >= 4 is 29.9 Å². The van der Waals surface area contributed by atoms with Crippen LogP contribution in [0.5, 0.6) is 0 Å². The molecule has 0 amide bonds. The molecule has 1 fully saturated rings. The lowest BCUT2D eigenvalue weighted by Crippen LogP contribution is -2.44. The van der Waals surface area contributed by atoms with Gasteiger partial charge in [-0.25, -0.2) is 0 Å². The molecular formula is C15H33IN4. The van der Waals surface area contributed by atoms with Gasteiger partial charge in [0, 0.05) is 26.2 Å². The first-order valence-electron chi connectivity index (χ1n) is 7.90. The van der Waals surface area contributed by atoms with Crippen molar-refractivity contribution in [3.63, 3.8) is 0 Å². The van der Waals surface area contributed by atoms with Crippen molar-refractivity contribution in [3.8, 4) is 0 Å². The fourth-order valence-corrected chi connectivity index (χ4v) is 2.46. The van der Waals surface area contributed by atoms with Gasteiger partial charge in [0.1, 0.15) is 0 Å². The monoisotopic (exact) mass is 396 g/mol. The summed E-state index contributed by atoms with van der Waals surface area (Å²) >= 11 is 0. The van der Waals surface area contributed by atoms with Crippen molar-refractivity contribution < 1.29 is 0 Å². The zero-order valence-corrected chi connectivity index (χ0v) is 15.9. The molecule has 4 nitrogen and oxygen atoms in total. The Morgan fingerprint density at radius 2 is 2.05 bits per heavy atom. The summed E-state index contributed by atoms with van der Waals surface area (Å²) in [6.45, 7) is 15.3. The van der Waals surface area contributed by atoms with E-state index in [2.05, 4.69) is 48.2 Å². The van der Waals surface area contributed by atoms with E-state index in [0.29, 0.717) is 5.92 Å². The van der Waals surface area contributed by atoms with E-state index >= 15 is 0 Å². The molecule has 1 saturated heterocycles. The molecule has 0 aliphatic carbocycles. The second-order valence-corrected chi connectivity index (χ2v) is 5.90. The molecule has 0 aromatic heterocycles. The summed E-state index contributed by atoms with van der Waals surface area (Å²) in [5.41, 5.74) is 0. The number of aliphatic imine (C=N–C) groups is 1. The van der Waals surface area contributed by atoms with Gasteiger partial charge in [0.15, 0.2) is 5.96 Å². The third kappa shape index (κ3) is 8.29. The molecule has 1 heterocycles. The van der Waals surface area contributed by atoms with E-state index in [1.807, 2.05) is 0 Å². The van der Waals surface area contributed by atoms with Crippen LogP contribution < -0.4 is 10.6 Å². The number of nitrogens with one attached hydrogen (secondary N) is 2. The number of hydrogen-bond donors (Lipinski definition) is 2. The minimum atomic E-state index is 0. The summed E-state index contributed by atoms with van der Waals surface area (Å²) in [7, 11) is 0. The highest BCUT2D eigenvalue weighted by Crippen LogP contribution is 2.14. The van der Waals surface area contributed by atoms with E-state index < -0.39 is 0 Å². The molecule has 20 heavy (non-hydrogen) atoms. The van der Waals surface area contributed by atoms with Gasteiger partial charge in [-0.1, -0.05) is 20.8 Å². The lowest BCUT2D eigenvalue weighted by Gasteiger charge is -2.32. The summed E-state index contributed by atoms with van der Waals surface area (Å²) in [6.07, 6.45) is 2.67. The molecule has 1 unspecified atom stereocenters. The zero-order valence-electron chi connectivity index (χ0n) is 13.6. The Labute approximate surface area is 142 Å². The topological polar surface area (TPSA) is 39.7 Å². The van der Waals surface area contributed by atoms with E-state index in [-0.39, 0.29) is 24.0 Å². The first kappa shape index (κ1) is 20.0. The van der Waals surface area contributed by atoms with Crippen LogP contribution in [0.2, 0.25) is 0 Å². The predicted octanol–water partition coefficient (Wildman–Crippen LogP) is 2.55. The molecule has 0 radical (unpaired) electrons.